The van der Waals surface area contributed by atoms with Crippen molar-refractivity contribution in [3.63, 3.8) is 0 Å². The lowest BCUT2D eigenvalue weighted by Crippen LogP contribution is -1.98. The van der Waals surface area contributed by atoms with Gasteiger partial charge in [0.1, 0.15) is 5.75 Å². The Hall–Kier alpha value is -1.77. The summed E-state index contributed by atoms with van der Waals surface area (Å²) in [6.07, 6.45) is 0.897. The van der Waals surface area contributed by atoms with Crippen LogP contribution in [0.15, 0.2) is 23.8 Å². The van der Waals surface area contributed by atoms with E-state index in [0.29, 0.717) is 0 Å². The number of allylic oxidation sites excluding steroid dienone is 1. The normalized spacial score (nSPS) is 13.9. The van der Waals surface area contributed by atoms with Gasteiger partial charge in [-0.3, -0.25) is 4.79 Å². The maximum Gasteiger partial charge on any atom is 0.307 e. The van der Waals surface area contributed by atoms with E-state index in [1.807, 2.05) is 25.1 Å². The molecule has 0 radical (unpaired) electrons. The number of fused-ring (bicyclic) bond motifs is 1. The standard InChI is InChI=1S/C13H14O3/c1-8-6-9-4-3-5-11(16-2)13(9)10(8)7-12(14)15/h3-5H,6-7H2,1-2H3,(H,14,15). The third-order valence-electron chi connectivity index (χ3n) is 2.93. The summed E-state index contributed by atoms with van der Waals surface area (Å²) < 4.78 is 5.29. The summed E-state index contributed by atoms with van der Waals surface area (Å²) in [6, 6.07) is 5.84. The Balaban J connectivity index is 2.50. The molecule has 16 heavy (non-hydrogen) atoms. The lowest BCUT2D eigenvalue weighted by atomic mass is 10.0. The third kappa shape index (κ3) is 1.69. The van der Waals surface area contributed by atoms with Gasteiger partial charge in [0.05, 0.1) is 13.5 Å². The van der Waals surface area contributed by atoms with Crippen LogP contribution in [0.1, 0.15) is 24.5 Å². The van der Waals surface area contributed by atoms with Crippen molar-refractivity contribution in [2.75, 3.05) is 7.11 Å². The van der Waals surface area contributed by atoms with Crippen LogP contribution in [0.2, 0.25) is 0 Å². The molecule has 0 aliphatic heterocycles. The molecule has 0 atom stereocenters. The highest BCUT2D eigenvalue weighted by Gasteiger charge is 2.23. The molecule has 1 aliphatic carbocycles. The van der Waals surface area contributed by atoms with Gasteiger partial charge in [-0.1, -0.05) is 17.7 Å². The van der Waals surface area contributed by atoms with Gasteiger partial charge in [0.15, 0.2) is 0 Å². The minimum Gasteiger partial charge on any atom is -0.496 e. The molecule has 0 fully saturated rings. The monoisotopic (exact) mass is 218 g/mol. The number of carboxylic acid groups (broad SMARTS) is 1. The first-order valence-corrected chi connectivity index (χ1v) is 5.20. The molecule has 0 saturated heterocycles. The van der Waals surface area contributed by atoms with Crippen molar-refractivity contribution in [3.8, 4) is 5.75 Å². The highest BCUT2D eigenvalue weighted by atomic mass is 16.5. The molecule has 0 bridgehead atoms. The topological polar surface area (TPSA) is 46.5 Å². The van der Waals surface area contributed by atoms with Gasteiger partial charge in [0.2, 0.25) is 0 Å². The second-order valence-electron chi connectivity index (χ2n) is 4.00. The van der Waals surface area contributed by atoms with Crippen LogP contribution in [0.25, 0.3) is 5.57 Å². The van der Waals surface area contributed by atoms with Crippen molar-refractivity contribution >= 4 is 11.5 Å². The average Bonchev–Trinajstić information content (AvgIpc) is 2.54. The quantitative estimate of drug-likeness (QED) is 0.847. The molecule has 2 rings (SSSR count). The fraction of sp³-hybridized carbons (Fsp3) is 0.308. The Morgan fingerprint density at radius 2 is 2.25 bits per heavy atom. The van der Waals surface area contributed by atoms with Crippen molar-refractivity contribution in [3.05, 3.63) is 34.9 Å². The van der Waals surface area contributed by atoms with Crippen molar-refractivity contribution in [1.29, 1.82) is 0 Å². The fourth-order valence-electron chi connectivity index (χ4n) is 2.23. The van der Waals surface area contributed by atoms with Crippen LogP contribution in [-0.4, -0.2) is 18.2 Å². The van der Waals surface area contributed by atoms with Gasteiger partial charge in [-0.15, -0.1) is 0 Å². The van der Waals surface area contributed by atoms with Crippen LogP contribution < -0.4 is 4.74 Å². The number of ether oxygens (including phenoxy) is 1. The summed E-state index contributed by atoms with van der Waals surface area (Å²) in [6.45, 7) is 1.98. The lowest BCUT2D eigenvalue weighted by molar-refractivity contribution is -0.135. The van der Waals surface area contributed by atoms with Gasteiger partial charge < -0.3 is 9.84 Å². The largest absolute Gasteiger partial charge is 0.496 e. The predicted molar refractivity (Wildman–Crippen MR) is 61.5 cm³/mol. The Kier molecular flexibility index (Phi) is 2.69. The van der Waals surface area contributed by atoms with E-state index >= 15 is 0 Å². The van der Waals surface area contributed by atoms with E-state index < -0.39 is 5.97 Å². The van der Waals surface area contributed by atoms with E-state index in [1.165, 1.54) is 0 Å². The van der Waals surface area contributed by atoms with E-state index in [9.17, 15) is 4.79 Å². The molecule has 0 amide bonds. The Morgan fingerprint density at radius 3 is 2.88 bits per heavy atom. The van der Waals surface area contributed by atoms with Crippen LogP contribution >= 0.6 is 0 Å². The first-order valence-electron chi connectivity index (χ1n) is 5.20. The van der Waals surface area contributed by atoms with Crippen molar-refractivity contribution in [2.24, 2.45) is 0 Å². The van der Waals surface area contributed by atoms with Crippen molar-refractivity contribution in [2.45, 2.75) is 19.8 Å². The number of benzene rings is 1. The summed E-state index contributed by atoms with van der Waals surface area (Å²) in [5, 5.41) is 8.91. The van der Waals surface area contributed by atoms with Gasteiger partial charge in [0.25, 0.3) is 0 Å². The van der Waals surface area contributed by atoms with Crippen molar-refractivity contribution in [1.82, 2.24) is 0 Å². The van der Waals surface area contributed by atoms with Gasteiger partial charge in [-0.2, -0.15) is 0 Å². The summed E-state index contributed by atoms with van der Waals surface area (Å²) in [5.41, 5.74) is 4.17. The van der Waals surface area contributed by atoms with E-state index in [0.717, 1.165) is 34.4 Å². The minimum atomic E-state index is -0.798. The third-order valence-corrected chi connectivity index (χ3v) is 2.93. The molecule has 3 nitrogen and oxygen atoms in total. The van der Waals surface area contributed by atoms with E-state index in [-0.39, 0.29) is 6.42 Å². The molecule has 0 unspecified atom stereocenters. The molecule has 1 N–H and O–H groups in total. The first-order chi connectivity index (χ1) is 7.63. The molecule has 84 valence electrons. The summed E-state index contributed by atoms with van der Waals surface area (Å²) >= 11 is 0. The molecule has 1 aromatic carbocycles. The Labute approximate surface area is 94.4 Å². The van der Waals surface area contributed by atoms with E-state index in [1.54, 1.807) is 7.11 Å². The average molecular weight is 218 g/mol. The number of carboxylic acids is 1. The smallest absolute Gasteiger partial charge is 0.307 e. The minimum absolute atomic E-state index is 0.0687. The molecular weight excluding hydrogens is 204 g/mol. The number of aliphatic carboxylic acids is 1. The number of hydrogen-bond donors (Lipinski definition) is 1. The number of carbonyl (C=O) groups is 1. The molecule has 3 heteroatoms. The van der Waals surface area contributed by atoms with Crippen LogP contribution in [0.3, 0.4) is 0 Å². The summed E-state index contributed by atoms with van der Waals surface area (Å²) in [7, 11) is 1.61. The zero-order valence-corrected chi connectivity index (χ0v) is 9.41. The number of hydrogen-bond acceptors (Lipinski definition) is 2. The van der Waals surface area contributed by atoms with Crippen LogP contribution in [0, 0.1) is 0 Å². The van der Waals surface area contributed by atoms with E-state index in [2.05, 4.69) is 0 Å². The number of methoxy groups -OCH3 is 1. The second-order valence-corrected chi connectivity index (χ2v) is 4.00. The Morgan fingerprint density at radius 1 is 1.50 bits per heavy atom. The van der Waals surface area contributed by atoms with E-state index in [4.69, 9.17) is 9.84 Å². The zero-order chi connectivity index (χ0) is 11.7. The van der Waals surface area contributed by atoms with Gasteiger partial charge >= 0.3 is 5.97 Å². The molecular formula is C13H14O3. The second kappa shape index (κ2) is 4.00. The predicted octanol–water partition coefficient (Wildman–Crippen LogP) is 2.50. The van der Waals surface area contributed by atoms with Crippen LogP contribution in [0.4, 0.5) is 0 Å². The summed E-state index contributed by atoms with van der Waals surface area (Å²) in [4.78, 5) is 10.8. The SMILES string of the molecule is COc1cccc2c1C(CC(=O)O)=C(C)C2. The summed E-state index contributed by atoms with van der Waals surface area (Å²) in [5.74, 6) is -0.0290. The maximum atomic E-state index is 10.8. The highest BCUT2D eigenvalue weighted by Crippen LogP contribution is 2.40. The molecule has 0 heterocycles. The number of rotatable bonds is 3. The van der Waals surface area contributed by atoms with Gasteiger partial charge in [-0.05, 0) is 30.5 Å². The lowest BCUT2D eigenvalue weighted by Gasteiger charge is -2.09. The molecule has 1 aliphatic rings. The Bertz CT molecular complexity index is 472. The van der Waals surface area contributed by atoms with Gasteiger partial charge in [0, 0.05) is 5.56 Å². The molecule has 0 spiro atoms. The zero-order valence-electron chi connectivity index (χ0n) is 9.41. The van der Waals surface area contributed by atoms with Crippen LogP contribution in [-0.2, 0) is 11.2 Å². The maximum absolute atomic E-state index is 10.8. The molecule has 0 aromatic heterocycles. The van der Waals surface area contributed by atoms with Crippen LogP contribution in [0.5, 0.6) is 5.75 Å². The highest BCUT2D eigenvalue weighted by molar-refractivity contribution is 5.90. The molecule has 0 saturated carbocycles. The van der Waals surface area contributed by atoms with Crippen molar-refractivity contribution < 1.29 is 14.6 Å². The molecule has 1 aromatic rings. The van der Waals surface area contributed by atoms with Gasteiger partial charge in [-0.25, -0.2) is 0 Å². The fourth-order valence-corrected chi connectivity index (χ4v) is 2.23. The first kappa shape index (κ1) is 10.7.